The van der Waals surface area contributed by atoms with Gasteiger partial charge in [0, 0.05) is 35.1 Å². The third-order valence-corrected chi connectivity index (χ3v) is 6.78. The molecule has 2 N–H and O–H groups in total. The summed E-state index contributed by atoms with van der Waals surface area (Å²) in [6.45, 7) is 1.08. The Bertz CT molecular complexity index is 1220. The number of piperidine rings is 1. The molecular weight excluding hydrogens is 485 g/mol. The van der Waals surface area contributed by atoms with E-state index in [2.05, 4.69) is 4.98 Å². The number of hydrogen-bond acceptors (Lipinski definition) is 4. The van der Waals surface area contributed by atoms with Crippen molar-refractivity contribution in [2.24, 2.45) is 0 Å². The molecule has 188 valence electrons. The second-order valence-corrected chi connectivity index (χ2v) is 8.79. The fourth-order valence-electron chi connectivity index (χ4n) is 4.70. The minimum absolute atomic E-state index is 0.0718. The van der Waals surface area contributed by atoms with Gasteiger partial charge in [0.15, 0.2) is 17.6 Å². The number of likely N-dealkylation sites (tertiary alicyclic amines) is 1. The zero-order chi connectivity index (χ0) is 25.3. The number of nitrogens with zero attached hydrogens (tertiary/aromatic N) is 1. The highest BCUT2D eigenvalue weighted by Crippen LogP contribution is 2.44. The van der Waals surface area contributed by atoms with Crippen LogP contribution in [0.2, 0.25) is 0 Å². The van der Waals surface area contributed by atoms with E-state index in [0.29, 0.717) is 53.9 Å². The van der Waals surface area contributed by atoms with Gasteiger partial charge in [-0.3, -0.25) is 4.79 Å². The number of ether oxygens (including phenoxy) is 2. The van der Waals surface area contributed by atoms with Crippen molar-refractivity contribution in [3.8, 4) is 22.8 Å². The number of halogens is 4. The number of carbonyl (C=O) groups excluding carboxylic acids is 1. The molecule has 2 aromatic carbocycles. The zero-order valence-corrected chi connectivity index (χ0v) is 20.0. The van der Waals surface area contributed by atoms with Gasteiger partial charge in [0.25, 0.3) is 0 Å². The summed E-state index contributed by atoms with van der Waals surface area (Å²) in [5, 5.41) is 10.7. The third-order valence-electron chi connectivity index (χ3n) is 6.55. The predicted molar refractivity (Wildman–Crippen MR) is 127 cm³/mol. The Morgan fingerprint density at radius 3 is 2.43 bits per heavy atom. The number of aromatic nitrogens is 1. The molecule has 10 heteroatoms. The predicted octanol–water partition coefficient (Wildman–Crippen LogP) is 5.39. The van der Waals surface area contributed by atoms with Crippen LogP contribution in [0.5, 0.6) is 11.5 Å². The molecule has 1 aliphatic rings. The number of aliphatic hydroxyl groups excluding tert-OH is 1. The first-order chi connectivity index (χ1) is 16.7. The molecule has 1 fully saturated rings. The zero-order valence-electron chi connectivity index (χ0n) is 19.3. The van der Waals surface area contributed by atoms with Crippen LogP contribution in [0.25, 0.3) is 22.2 Å². The van der Waals surface area contributed by atoms with E-state index < -0.39 is 12.3 Å². The van der Waals surface area contributed by atoms with Gasteiger partial charge in [-0.1, -0.05) is 6.07 Å². The van der Waals surface area contributed by atoms with Crippen molar-refractivity contribution < 1.29 is 32.5 Å². The lowest BCUT2D eigenvalue weighted by Gasteiger charge is -2.32. The monoisotopic (exact) mass is 510 g/mol. The van der Waals surface area contributed by atoms with Crippen molar-refractivity contribution in [1.82, 2.24) is 9.88 Å². The molecule has 1 amide bonds. The van der Waals surface area contributed by atoms with E-state index in [-0.39, 0.29) is 29.0 Å². The molecule has 0 radical (unpaired) electrons. The van der Waals surface area contributed by atoms with Gasteiger partial charge in [-0.05, 0) is 54.7 Å². The van der Waals surface area contributed by atoms with Crippen molar-refractivity contribution in [3.05, 3.63) is 47.5 Å². The van der Waals surface area contributed by atoms with Gasteiger partial charge in [0.2, 0.25) is 5.91 Å². The number of benzene rings is 2. The summed E-state index contributed by atoms with van der Waals surface area (Å²) in [5.74, 6) is 0.675. The van der Waals surface area contributed by atoms with Crippen LogP contribution in [0.3, 0.4) is 0 Å². The Morgan fingerprint density at radius 2 is 1.83 bits per heavy atom. The lowest BCUT2D eigenvalue weighted by Crippen LogP contribution is -2.38. The first-order valence-corrected chi connectivity index (χ1v) is 11.7. The summed E-state index contributed by atoms with van der Waals surface area (Å²) >= 11 is 5.65. The van der Waals surface area contributed by atoms with Crippen LogP contribution < -0.4 is 9.47 Å². The molecular formula is C25H26ClF3N2O4. The average Bonchev–Trinajstić information content (AvgIpc) is 3.25. The van der Waals surface area contributed by atoms with E-state index in [1.807, 2.05) is 6.07 Å². The maximum Gasteiger partial charge on any atom is 0.418 e. The average molecular weight is 511 g/mol. The summed E-state index contributed by atoms with van der Waals surface area (Å²) in [6.07, 6.45) is -6.18. The molecule has 0 spiro atoms. The molecule has 1 aromatic heterocycles. The topological polar surface area (TPSA) is 74.8 Å². The van der Waals surface area contributed by atoms with E-state index in [9.17, 15) is 23.1 Å². The molecule has 4 rings (SSSR count). The van der Waals surface area contributed by atoms with Crippen molar-refractivity contribution in [1.29, 1.82) is 0 Å². The summed E-state index contributed by atoms with van der Waals surface area (Å²) in [6, 6.07) is 10.1. The first kappa shape index (κ1) is 25.2. The third kappa shape index (κ3) is 4.92. The molecule has 6 nitrogen and oxygen atoms in total. The Morgan fingerprint density at radius 1 is 1.14 bits per heavy atom. The maximum absolute atomic E-state index is 13.8. The van der Waals surface area contributed by atoms with Gasteiger partial charge in [-0.15, -0.1) is 11.6 Å². The fraction of sp³-hybridized carbons (Fsp3) is 0.400. The van der Waals surface area contributed by atoms with Crippen molar-refractivity contribution in [2.45, 2.75) is 31.0 Å². The molecule has 0 aliphatic carbocycles. The van der Waals surface area contributed by atoms with E-state index in [4.69, 9.17) is 21.1 Å². The number of aromatic amines is 1. The SMILES string of the molecule is COc1ccc(-c2[nH]c3ccc(C4CCN(C(=O)CCl)CC4)cc3c2C(O)C(F)(F)F)cc1OC. The molecule has 0 saturated carbocycles. The van der Waals surface area contributed by atoms with Crippen LogP contribution >= 0.6 is 11.6 Å². The number of amides is 1. The normalized spacial score (nSPS) is 15.9. The minimum atomic E-state index is -4.86. The molecule has 1 unspecified atom stereocenters. The number of rotatable bonds is 6. The quantitative estimate of drug-likeness (QED) is 0.436. The van der Waals surface area contributed by atoms with Crippen LogP contribution in [0.15, 0.2) is 36.4 Å². The van der Waals surface area contributed by atoms with E-state index in [0.717, 1.165) is 5.56 Å². The Balaban J connectivity index is 1.78. The Kier molecular flexibility index (Phi) is 7.19. The summed E-state index contributed by atoms with van der Waals surface area (Å²) in [4.78, 5) is 16.6. The number of alkyl halides is 4. The number of methoxy groups -OCH3 is 2. The van der Waals surface area contributed by atoms with Gasteiger partial charge in [0.05, 0.1) is 19.9 Å². The number of fused-ring (bicyclic) bond motifs is 1. The van der Waals surface area contributed by atoms with Crippen molar-refractivity contribution >= 4 is 28.4 Å². The highest BCUT2D eigenvalue weighted by Gasteiger charge is 2.42. The smallest absolute Gasteiger partial charge is 0.418 e. The number of aliphatic hydroxyl groups is 1. The van der Waals surface area contributed by atoms with E-state index in [1.54, 1.807) is 35.2 Å². The molecule has 0 bridgehead atoms. The first-order valence-electron chi connectivity index (χ1n) is 11.1. The van der Waals surface area contributed by atoms with Gasteiger partial charge in [0.1, 0.15) is 5.88 Å². The van der Waals surface area contributed by atoms with E-state index >= 15 is 0 Å². The second kappa shape index (κ2) is 9.99. The number of nitrogens with one attached hydrogen (secondary N) is 1. The molecule has 35 heavy (non-hydrogen) atoms. The lowest BCUT2D eigenvalue weighted by molar-refractivity contribution is -0.206. The van der Waals surface area contributed by atoms with Gasteiger partial charge in [-0.2, -0.15) is 13.2 Å². The standard InChI is InChI=1S/C25H26ClF3N2O4/c1-34-19-6-4-16(12-20(19)35-2)23-22(24(33)25(27,28)29)17-11-15(3-5-18(17)30-23)14-7-9-31(10-8-14)21(32)13-26/h3-6,11-12,14,24,30,33H,7-10,13H2,1-2H3. The van der Waals surface area contributed by atoms with Gasteiger partial charge in [-0.25, -0.2) is 0 Å². The number of carbonyl (C=O) groups is 1. The lowest BCUT2D eigenvalue weighted by atomic mass is 9.88. The van der Waals surface area contributed by atoms with Crippen LogP contribution in [0.1, 0.15) is 36.0 Å². The largest absolute Gasteiger partial charge is 0.493 e. The summed E-state index contributed by atoms with van der Waals surface area (Å²) < 4.78 is 51.8. The summed E-state index contributed by atoms with van der Waals surface area (Å²) in [7, 11) is 2.91. The second-order valence-electron chi connectivity index (χ2n) is 8.52. The van der Waals surface area contributed by atoms with Crippen molar-refractivity contribution in [3.63, 3.8) is 0 Å². The van der Waals surface area contributed by atoms with Crippen LogP contribution in [-0.4, -0.2) is 60.3 Å². The van der Waals surface area contributed by atoms with Crippen LogP contribution in [0, 0.1) is 0 Å². The highest BCUT2D eigenvalue weighted by atomic mass is 35.5. The van der Waals surface area contributed by atoms with Gasteiger partial charge < -0.3 is 24.5 Å². The maximum atomic E-state index is 13.8. The highest BCUT2D eigenvalue weighted by molar-refractivity contribution is 6.27. The van der Waals surface area contributed by atoms with Gasteiger partial charge >= 0.3 is 6.18 Å². The van der Waals surface area contributed by atoms with E-state index in [1.165, 1.54) is 14.2 Å². The Labute approximate surface area is 205 Å². The molecule has 1 aliphatic heterocycles. The van der Waals surface area contributed by atoms with Crippen LogP contribution in [-0.2, 0) is 4.79 Å². The summed E-state index contributed by atoms with van der Waals surface area (Å²) in [5.41, 5.74) is 1.68. The van der Waals surface area contributed by atoms with Crippen molar-refractivity contribution in [2.75, 3.05) is 33.2 Å². The molecule has 3 aromatic rings. The van der Waals surface area contributed by atoms with Crippen LogP contribution in [0.4, 0.5) is 13.2 Å². The minimum Gasteiger partial charge on any atom is -0.493 e. The fourth-order valence-corrected chi connectivity index (χ4v) is 4.87. The number of hydrogen-bond donors (Lipinski definition) is 2. The molecule has 2 heterocycles. The Hall–Kier alpha value is -2.91. The number of H-pyrrole nitrogens is 1. The molecule has 1 atom stereocenters. The molecule has 1 saturated heterocycles.